The summed E-state index contributed by atoms with van der Waals surface area (Å²) in [5.41, 5.74) is 2.18. The van der Waals surface area contributed by atoms with Gasteiger partial charge in [-0.2, -0.15) is 0 Å². The normalized spacial score (nSPS) is 23.3. The van der Waals surface area contributed by atoms with Crippen LogP contribution >= 0.6 is 11.6 Å². The maximum absolute atomic E-state index is 6.18. The van der Waals surface area contributed by atoms with Gasteiger partial charge in [0.05, 0.1) is 0 Å². The molecule has 3 heteroatoms. The fourth-order valence-corrected chi connectivity index (χ4v) is 2.91. The molecule has 0 amide bonds. The fourth-order valence-electron chi connectivity index (χ4n) is 2.80. The lowest BCUT2D eigenvalue weighted by Crippen LogP contribution is -2.29. The maximum Gasteiger partial charge on any atom is 0.120 e. The second-order valence-corrected chi connectivity index (χ2v) is 5.65. The lowest BCUT2D eigenvalue weighted by atomic mass is 10.1. The quantitative estimate of drug-likeness (QED) is 0.898. The molecule has 0 bridgehead atoms. The number of halogens is 1. The van der Waals surface area contributed by atoms with Gasteiger partial charge < -0.3 is 10.1 Å². The molecule has 1 aromatic carbocycles. The van der Waals surface area contributed by atoms with E-state index < -0.39 is 0 Å². The minimum Gasteiger partial charge on any atom is -0.490 e. The van der Waals surface area contributed by atoms with Crippen molar-refractivity contribution in [1.29, 1.82) is 0 Å². The van der Waals surface area contributed by atoms with Gasteiger partial charge in [-0.05, 0) is 63.4 Å². The van der Waals surface area contributed by atoms with Crippen molar-refractivity contribution in [3.8, 4) is 5.75 Å². The summed E-state index contributed by atoms with van der Waals surface area (Å²) in [7, 11) is 2.01. The predicted molar refractivity (Wildman–Crippen MR) is 76.6 cm³/mol. The lowest BCUT2D eigenvalue weighted by molar-refractivity contribution is 0.158. The Labute approximate surface area is 115 Å². The van der Waals surface area contributed by atoms with Gasteiger partial charge in [-0.1, -0.05) is 11.6 Å². The number of benzene rings is 1. The summed E-state index contributed by atoms with van der Waals surface area (Å²) >= 11 is 6.18. The van der Waals surface area contributed by atoms with Crippen LogP contribution in [-0.4, -0.2) is 19.7 Å². The average Bonchev–Trinajstić information content (AvgIpc) is 2.74. The summed E-state index contributed by atoms with van der Waals surface area (Å²) in [6.45, 7) is 5.10. The Balaban J connectivity index is 2.09. The van der Waals surface area contributed by atoms with Crippen LogP contribution in [0, 0.1) is 19.8 Å². The van der Waals surface area contributed by atoms with Gasteiger partial charge in [-0.25, -0.2) is 0 Å². The Morgan fingerprint density at radius 1 is 1.28 bits per heavy atom. The summed E-state index contributed by atoms with van der Waals surface area (Å²) in [6, 6.07) is 4.09. The monoisotopic (exact) mass is 267 g/mol. The molecule has 2 atom stereocenters. The third-order valence-electron chi connectivity index (χ3n) is 3.75. The van der Waals surface area contributed by atoms with Crippen molar-refractivity contribution in [2.75, 3.05) is 13.6 Å². The van der Waals surface area contributed by atoms with Gasteiger partial charge >= 0.3 is 0 Å². The van der Waals surface area contributed by atoms with Crippen molar-refractivity contribution < 1.29 is 4.74 Å². The van der Waals surface area contributed by atoms with Crippen LogP contribution in [0.4, 0.5) is 0 Å². The molecule has 1 saturated carbocycles. The molecule has 1 aromatic rings. The molecule has 0 saturated heterocycles. The van der Waals surface area contributed by atoms with E-state index in [1.165, 1.54) is 12.8 Å². The first-order chi connectivity index (χ1) is 8.61. The van der Waals surface area contributed by atoms with Crippen LogP contribution < -0.4 is 10.1 Å². The van der Waals surface area contributed by atoms with Gasteiger partial charge in [0.25, 0.3) is 0 Å². The highest BCUT2D eigenvalue weighted by molar-refractivity contribution is 6.32. The van der Waals surface area contributed by atoms with E-state index in [2.05, 4.69) is 5.32 Å². The zero-order chi connectivity index (χ0) is 13.1. The van der Waals surface area contributed by atoms with Crippen LogP contribution in [0.3, 0.4) is 0 Å². The Morgan fingerprint density at radius 2 is 1.94 bits per heavy atom. The molecule has 1 N–H and O–H groups in total. The molecule has 0 spiro atoms. The maximum atomic E-state index is 6.18. The molecule has 0 aliphatic heterocycles. The highest BCUT2D eigenvalue weighted by atomic mass is 35.5. The summed E-state index contributed by atoms with van der Waals surface area (Å²) in [6.07, 6.45) is 4.03. The lowest BCUT2D eigenvalue weighted by Gasteiger charge is -2.21. The predicted octanol–water partition coefficient (Wildman–Crippen LogP) is 3.72. The molecule has 2 nitrogen and oxygen atoms in total. The van der Waals surface area contributed by atoms with Crippen molar-refractivity contribution >= 4 is 11.6 Å². The van der Waals surface area contributed by atoms with Gasteiger partial charge in [0, 0.05) is 17.5 Å². The first-order valence-corrected chi connectivity index (χ1v) is 7.07. The first kappa shape index (κ1) is 13.7. The number of rotatable bonds is 4. The Bertz CT molecular complexity index is 396. The summed E-state index contributed by atoms with van der Waals surface area (Å²) in [5.74, 6) is 1.59. The molecule has 1 fully saturated rings. The number of hydrogen-bond acceptors (Lipinski definition) is 2. The van der Waals surface area contributed by atoms with Gasteiger partial charge in [0.15, 0.2) is 0 Å². The second-order valence-electron chi connectivity index (χ2n) is 5.28. The largest absolute Gasteiger partial charge is 0.490 e. The number of nitrogens with one attached hydrogen (secondary N) is 1. The van der Waals surface area contributed by atoms with Crippen molar-refractivity contribution in [3.05, 3.63) is 28.3 Å². The molecule has 2 rings (SSSR count). The van der Waals surface area contributed by atoms with Crippen LogP contribution in [0.2, 0.25) is 5.02 Å². The van der Waals surface area contributed by atoms with Crippen LogP contribution in [0.5, 0.6) is 5.75 Å². The van der Waals surface area contributed by atoms with E-state index in [4.69, 9.17) is 16.3 Å². The van der Waals surface area contributed by atoms with Gasteiger partial charge in [0.2, 0.25) is 0 Å². The smallest absolute Gasteiger partial charge is 0.120 e. The number of aryl methyl sites for hydroxylation is 2. The Morgan fingerprint density at radius 3 is 2.56 bits per heavy atom. The summed E-state index contributed by atoms with van der Waals surface area (Å²) in [4.78, 5) is 0. The molecule has 0 aromatic heterocycles. The fraction of sp³-hybridized carbons (Fsp3) is 0.600. The number of ether oxygens (including phenoxy) is 1. The first-order valence-electron chi connectivity index (χ1n) is 6.70. The van der Waals surface area contributed by atoms with E-state index in [1.54, 1.807) is 0 Å². The summed E-state index contributed by atoms with van der Waals surface area (Å²) in [5, 5.41) is 4.10. The topological polar surface area (TPSA) is 21.3 Å². The SMILES string of the molecule is CNCC1CCCC1Oc1cc(C)c(Cl)c(C)c1. The molecule has 100 valence electrons. The van der Waals surface area contributed by atoms with Crippen molar-refractivity contribution in [3.63, 3.8) is 0 Å². The van der Waals surface area contributed by atoms with E-state index in [-0.39, 0.29) is 0 Å². The van der Waals surface area contributed by atoms with E-state index >= 15 is 0 Å². The van der Waals surface area contributed by atoms with E-state index in [0.29, 0.717) is 12.0 Å². The van der Waals surface area contributed by atoms with E-state index in [1.807, 2.05) is 33.0 Å². The second kappa shape index (κ2) is 5.94. The van der Waals surface area contributed by atoms with Crippen LogP contribution in [0.25, 0.3) is 0 Å². The van der Waals surface area contributed by atoms with Gasteiger partial charge in [0.1, 0.15) is 11.9 Å². The molecule has 18 heavy (non-hydrogen) atoms. The molecule has 0 heterocycles. The molecule has 1 aliphatic carbocycles. The van der Waals surface area contributed by atoms with E-state index in [0.717, 1.165) is 34.9 Å². The van der Waals surface area contributed by atoms with Crippen molar-refractivity contribution in [1.82, 2.24) is 5.32 Å². The standard InChI is InChI=1S/C15H22ClNO/c1-10-7-13(8-11(2)15(10)16)18-14-6-4-5-12(14)9-17-3/h7-8,12,14,17H,4-6,9H2,1-3H3. The minimum absolute atomic E-state index is 0.345. The summed E-state index contributed by atoms with van der Waals surface area (Å²) < 4.78 is 6.16. The zero-order valence-electron chi connectivity index (χ0n) is 11.4. The Hall–Kier alpha value is -0.730. The molecule has 0 radical (unpaired) electrons. The molecular weight excluding hydrogens is 246 g/mol. The number of hydrogen-bond donors (Lipinski definition) is 1. The third kappa shape index (κ3) is 2.99. The average molecular weight is 268 g/mol. The highest BCUT2D eigenvalue weighted by Gasteiger charge is 2.28. The van der Waals surface area contributed by atoms with Crippen LogP contribution in [0.1, 0.15) is 30.4 Å². The molecule has 2 unspecified atom stereocenters. The minimum atomic E-state index is 0.345. The van der Waals surface area contributed by atoms with Gasteiger partial charge in [-0.3, -0.25) is 0 Å². The van der Waals surface area contributed by atoms with Crippen LogP contribution in [0.15, 0.2) is 12.1 Å². The zero-order valence-corrected chi connectivity index (χ0v) is 12.2. The molecular formula is C15H22ClNO. The molecule has 1 aliphatic rings. The van der Waals surface area contributed by atoms with Gasteiger partial charge in [-0.15, -0.1) is 0 Å². The van der Waals surface area contributed by atoms with Crippen molar-refractivity contribution in [2.45, 2.75) is 39.2 Å². The third-order valence-corrected chi connectivity index (χ3v) is 4.35. The van der Waals surface area contributed by atoms with E-state index in [9.17, 15) is 0 Å². The Kier molecular flexibility index (Phi) is 4.52. The van der Waals surface area contributed by atoms with Crippen molar-refractivity contribution in [2.24, 2.45) is 5.92 Å². The highest BCUT2D eigenvalue weighted by Crippen LogP contribution is 2.32. The van der Waals surface area contributed by atoms with Crippen LogP contribution in [-0.2, 0) is 0 Å².